The van der Waals surface area contributed by atoms with E-state index in [-0.39, 0.29) is 0 Å². The number of aromatic nitrogens is 1. The number of rotatable bonds is 5. The van der Waals surface area contributed by atoms with E-state index in [9.17, 15) is 0 Å². The fourth-order valence-electron chi connectivity index (χ4n) is 1.87. The zero-order valence-electron chi connectivity index (χ0n) is 12.2. The largest absolute Gasteiger partial charge is 0.436 e. The van der Waals surface area contributed by atoms with Gasteiger partial charge in [0.05, 0.1) is 5.69 Å². The van der Waals surface area contributed by atoms with Gasteiger partial charge in [0.15, 0.2) is 0 Å². The summed E-state index contributed by atoms with van der Waals surface area (Å²) in [6.07, 6.45) is 0. The Hall–Kier alpha value is -0.780. The molecule has 1 unspecified atom stereocenters. The number of aryl methyl sites for hydroxylation is 2. The first-order chi connectivity index (χ1) is 9.51. The van der Waals surface area contributed by atoms with Crippen molar-refractivity contribution in [3.8, 4) is 0 Å². The highest BCUT2D eigenvalue weighted by Gasteiger charge is 2.12. The zero-order chi connectivity index (χ0) is 14.7. The lowest BCUT2D eigenvalue weighted by atomic mass is 10.1. The summed E-state index contributed by atoms with van der Waals surface area (Å²) >= 11 is 5.17. The third-order valence-electron chi connectivity index (χ3n) is 3.17. The molecule has 0 saturated heterocycles. The van der Waals surface area contributed by atoms with E-state index < -0.39 is 0 Å². The van der Waals surface area contributed by atoms with Gasteiger partial charge in [-0.25, -0.2) is 4.98 Å². The Kier molecular flexibility index (Phi) is 5.29. The van der Waals surface area contributed by atoms with E-state index >= 15 is 0 Å². The molecule has 108 valence electrons. The summed E-state index contributed by atoms with van der Waals surface area (Å²) < 4.78 is 6.68. The summed E-state index contributed by atoms with van der Waals surface area (Å²) in [5.41, 5.74) is 2.21. The van der Waals surface area contributed by atoms with Gasteiger partial charge in [0.2, 0.25) is 0 Å². The van der Waals surface area contributed by atoms with Gasteiger partial charge >= 0.3 is 0 Å². The Morgan fingerprint density at radius 1 is 1.40 bits per heavy atom. The smallest absolute Gasteiger partial charge is 0.261 e. The van der Waals surface area contributed by atoms with E-state index in [2.05, 4.69) is 58.3 Å². The Morgan fingerprint density at radius 3 is 2.70 bits per heavy atom. The minimum Gasteiger partial charge on any atom is -0.436 e. The molecular weight excluding hydrogens is 336 g/mol. The van der Waals surface area contributed by atoms with Gasteiger partial charge in [0.25, 0.3) is 5.22 Å². The zero-order valence-corrected chi connectivity index (χ0v) is 14.6. The first-order valence-corrected chi connectivity index (χ1v) is 8.27. The van der Waals surface area contributed by atoms with Crippen molar-refractivity contribution in [3.05, 3.63) is 39.7 Å². The van der Waals surface area contributed by atoms with Crippen LogP contribution in [0.5, 0.6) is 0 Å². The van der Waals surface area contributed by atoms with Crippen molar-refractivity contribution in [2.45, 2.75) is 43.9 Å². The molecule has 1 heterocycles. The summed E-state index contributed by atoms with van der Waals surface area (Å²) in [7, 11) is 0. The number of oxazole rings is 1. The van der Waals surface area contributed by atoms with Gasteiger partial charge in [-0.2, -0.15) is 0 Å². The number of hydrogen-bond donors (Lipinski definition) is 1. The molecule has 0 aliphatic carbocycles. The van der Waals surface area contributed by atoms with Crippen LogP contribution in [0.2, 0.25) is 0 Å². The van der Waals surface area contributed by atoms with Gasteiger partial charge in [-0.1, -0.05) is 13.0 Å². The Labute approximate surface area is 132 Å². The number of halogens is 1. The average molecular weight is 355 g/mol. The Morgan fingerprint density at radius 2 is 2.15 bits per heavy atom. The molecule has 0 aliphatic rings. The fourth-order valence-corrected chi connectivity index (χ4v) is 3.34. The molecule has 0 fully saturated rings. The van der Waals surface area contributed by atoms with Crippen molar-refractivity contribution in [2.24, 2.45) is 0 Å². The molecule has 0 saturated carbocycles. The third kappa shape index (κ3) is 3.65. The van der Waals surface area contributed by atoms with Crippen LogP contribution in [0.15, 0.2) is 37.2 Å². The maximum atomic E-state index is 5.61. The van der Waals surface area contributed by atoms with Crippen LogP contribution < -0.4 is 5.32 Å². The molecule has 1 aromatic carbocycles. The molecule has 1 aromatic heterocycles. The minimum absolute atomic E-state index is 0.349. The SMILES string of the molecule is CCNC(C)c1ccc(Sc2nc(C)c(C)o2)c(Br)c1. The predicted molar refractivity (Wildman–Crippen MR) is 86.3 cm³/mol. The molecule has 20 heavy (non-hydrogen) atoms. The van der Waals surface area contributed by atoms with Crippen LogP contribution in [-0.2, 0) is 0 Å². The molecule has 2 rings (SSSR count). The van der Waals surface area contributed by atoms with Crippen LogP contribution in [0, 0.1) is 13.8 Å². The van der Waals surface area contributed by atoms with E-state index in [0.29, 0.717) is 11.3 Å². The quantitative estimate of drug-likeness (QED) is 0.830. The topological polar surface area (TPSA) is 38.1 Å². The van der Waals surface area contributed by atoms with Crippen LogP contribution in [0.4, 0.5) is 0 Å². The molecular formula is C15H19BrN2OS. The lowest BCUT2D eigenvalue weighted by Crippen LogP contribution is -2.17. The lowest BCUT2D eigenvalue weighted by molar-refractivity contribution is 0.431. The highest BCUT2D eigenvalue weighted by Crippen LogP contribution is 2.35. The van der Waals surface area contributed by atoms with Crippen molar-refractivity contribution in [1.29, 1.82) is 0 Å². The number of nitrogens with one attached hydrogen (secondary N) is 1. The lowest BCUT2D eigenvalue weighted by Gasteiger charge is -2.14. The highest BCUT2D eigenvalue weighted by molar-refractivity contribution is 9.10. The second kappa shape index (κ2) is 6.78. The molecule has 3 nitrogen and oxygen atoms in total. The second-order valence-corrected chi connectivity index (χ2v) is 6.54. The molecule has 0 bridgehead atoms. The Balaban J connectivity index is 2.17. The fraction of sp³-hybridized carbons (Fsp3) is 0.400. The standard InChI is InChI=1S/C15H19BrN2OS/c1-5-17-10(3)12-6-7-14(13(16)8-12)20-15-18-9(2)11(4)19-15/h6-8,10,17H,5H2,1-4H3. The first-order valence-electron chi connectivity index (χ1n) is 6.66. The van der Waals surface area contributed by atoms with Gasteiger partial charge in [0.1, 0.15) is 5.76 Å². The second-order valence-electron chi connectivity index (χ2n) is 4.69. The number of hydrogen-bond acceptors (Lipinski definition) is 4. The predicted octanol–water partition coefficient (Wildman–Crippen LogP) is 4.88. The summed E-state index contributed by atoms with van der Waals surface area (Å²) in [5, 5.41) is 4.10. The summed E-state index contributed by atoms with van der Waals surface area (Å²) in [5.74, 6) is 0.876. The van der Waals surface area contributed by atoms with Crippen LogP contribution in [0.1, 0.15) is 36.9 Å². The van der Waals surface area contributed by atoms with E-state index in [1.165, 1.54) is 17.3 Å². The van der Waals surface area contributed by atoms with Gasteiger partial charge in [-0.05, 0) is 72.7 Å². The monoisotopic (exact) mass is 354 g/mol. The van der Waals surface area contributed by atoms with Gasteiger partial charge in [0, 0.05) is 15.4 Å². The molecule has 0 radical (unpaired) electrons. The minimum atomic E-state index is 0.349. The van der Waals surface area contributed by atoms with Crippen LogP contribution in [0.25, 0.3) is 0 Å². The van der Waals surface area contributed by atoms with Crippen molar-refractivity contribution in [1.82, 2.24) is 10.3 Å². The highest BCUT2D eigenvalue weighted by atomic mass is 79.9. The number of benzene rings is 1. The molecule has 5 heteroatoms. The summed E-state index contributed by atoms with van der Waals surface area (Å²) in [4.78, 5) is 5.51. The van der Waals surface area contributed by atoms with Crippen molar-refractivity contribution >= 4 is 27.7 Å². The summed E-state index contributed by atoms with van der Waals surface area (Å²) in [6.45, 7) is 9.13. The van der Waals surface area contributed by atoms with E-state index in [1.807, 2.05) is 13.8 Å². The van der Waals surface area contributed by atoms with Crippen molar-refractivity contribution in [2.75, 3.05) is 6.54 Å². The molecule has 0 aliphatic heterocycles. The number of nitrogens with zero attached hydrogens (tertiary/aromatic N) is 1. The van der Waals surface area contributed by atoms with Crippen LogP contribution >= 0.6 is 27.7 Å². The van der Waals surface area contributed by atoms with Crippen LogP contribution in [0.3, 0.4) is 0 Å². The third-order valence-corrected chi connectivity index (χ3v) is 5.02. The average Bonchev–Trinajstić information content (AvgIpc) is 2.71. The van der Waals surface area contributed by atoms with E-state index in [0.717, 1.165) is 27.4 Å². The molecule has 2 aromatic rings. The first kappa shape index (κ1) is 15.6. The van der Waals surface area contributed by atoms with Gasteiger partial charge in [-0.3, -0.25) is 0 Å². The Bertz CT molecular complexity index is 578. The summed E-state index contributed by atoms with van der Waals surface area (Å²) in [6, 6.07) is 6.75. The van der Waals surface area contributed by atoms with E-state index in [4.69, 9.17) is 4.42 Å². The molecule has 1 N–H and O–H groups in total. The van der Waals surface area contributed by atoms with Gasteiger partial charge < -0.3 is 9.73 Å². The van der Waals surface area contributed by atoms with Crippen molar-refractivity contribution in [3.63, 3.8) is 0 Å². The van der Waals surface area contributed by atoms with E-state index in [1.54, 1.807) is 0 Å². The molecule has 1 atom stereocenters. The maximum absolute atomic E-state index is 5.61. The molecule has 0 amide bonds. The molecule has 0 spiro atoms. The normalized spacial score (nSPS) is 12.7. The van der Waals surface area contributed by atoms with Crippen molar-refractivity contribution < 1.29 is 4.42 Å². The van der Waals surface area contributed by atoms with Gasteiger partial charge in [-0.15, -0.1) is 0 Å². The van der Waals surface area contributed by atoms with Crippen LogP contribution in [-0.4, -0.2) is 11.5 Å². The maximum Gasteiger partial charge on any atom is 0.261 e.